The SMILES string of the molecule is CCCCCCCCCCCN(CCCCCCCCCCC)CCCCCC(C)C. The molecule has 188 valence electrons. The zero-order valence-electron chi connectivity index (χ0n) is 22.7. The maximum absolute atomic E-state index is 2.82. The highest BCUT2D eigenvalue weighted by Gasteiger charge is 2.05. The van der Waals surface area contributed by atoms with Gasteiger partial charge in [-0.1, -0.05) is 150 Å². The number of rotatable bonds is 26. The summed E-state index contributed by atoms with van der Waals surface area (Å²) in [7, 11) is 0. The normalized spacial score (nSPS) is 11.8. The molecule has 0 saturated heterocycles. The minimum atomic E-state index is 0.875. The van der Waals surface area contributed by atoms with Gasteiger partial charge in [0.2, 0.25) is 0 Å². The summed E-state index contributed by atoms with van der Waals surface area (Å²) in [6.45, 7) is 13.4. The molecule has 0 aromatic carbocycles. The van der Waals surface area contributed by atoms with E-state index in [9.17, 15) is 0 Å². The summed E-state index contributed by atoms with van der Waals surface area (Å²) >= 11 is 0. The van der Waals surface area contributed by atoms with Crippen molar-refractivity contribution in [3.05, 3.63) is 0 Å². The first kappa shape index (κ1) is 31.0. The summed E-state index contributed by atoms with van der Waals surface area (Å²) in [5, 5.41) is 0. The van der Waals surface area contributed by atoms with E-state index in [-0.39, 0.29) is 0 Å². The molecule has 0 aliphatic rings. The van der Waals surface area contributed by atoms with Crippen LogP contribution in [0.4, 0.5) is 0 Å². The average Bonchev–Trinajstić information content (AvgIpc) is 2.75. The van der Waals surface area contributed by atoms with Crippen LogP contribution in [0.5, 0.6) is 0 Å². The molecule has 0 N–H and O–H groups in total. The fraction of sp³-hybridized carbons (Fsp3) is 1.00. The smallest absolute Gasteiger partial charge is 0.00187 e. The number of unbranched alkanes of at least 4 members (excludes halogenated alkanes) is 18. The highest BCUT2D eigenvalue weighted by atomic mass is 15.1. The number of nitrogens with zero attached hydrogens (tertiary/aromatic N) is 1. The van der Waals surface area contributed by atoms with Crippen LogP contribution in [0.1, 0.15) is 169 Å². The van der Waals surface area contributed by atoms with Gasteiger partial charge in [0, 0.05) is 0 Å². The van der Waals surface area contributed by atoms with Crippen LogP contribution < -0.4 is 0 Å². The zero-order valence-corrected chi connectivity index (χ0v) is 22.7. The maximum atomic E-state index is 2.82. The Morgan fingerprint density at radius 2 is 0.677 bits per heavy atom. The van der Waals surface area contributed by atoms with Crippen LogP contribution in [0.25, 0.3) is 0 Å². The van der Waals surface area contributed by atoms with Crippen molar-refractivity contribution in [3.63, 3.8) is 0 Å². The molecule has 0 amide bonds. The van der Waals surface area contributed by atoms with Gasteiger partial charge in [-0.15, -0.1) is 0 Å². The summed E-state index contributed by atoms with van der Waals surface area (Å²) in [5.74, 6) is 0.875. The second-order valence-electron chi connectivity index (χ2n) is 10.7. The molecule has 0 aromatic heterocycles. The van der Waals surface area contributed by atoms with Crippen molar-refractivity contribution < 1.29 is 0 Å². The van der Waals surface area contributed by atoms with Gasteiger partial charge in [0.05, 0.1) is 0 Å². The van der Waals surface area contributed by atoms with Gasteiger partial charge in [-0.3, -0.25) is 0 Å². The third-order valence-corrected chi connectivity index (χ3v) is 6.91. The van der Waals surface area contributed by atoms with Gasteiger partial charge in [-0.05, 0) is 44.8 Å². The van der Waals surface area contributed by atoms with E-state index in [0.717, 1.165) is 5.92 Å². The summed E-state index contributed by atoms with van der Waals surface area (Å²) in [4.78, 5) is 2.82. The first-order chi connectivity index (χ1) is 15.2. The lowest BCUT2D eigenvalue weighted by Crippen LogP contribution is -2.27. The monoisotopic (exact) mass is 437 g/mol. The van der Waals surface area contributed by atoms with Gasteiger partial charge in [0.15, 0.2) is 0 Å². The molecule has 1 nitrogen and oxygen atoms in total. The Kier molecular flexibility index (Phi) is 26.2. The Morgan fingerprint density at radius 1 is 0.387 bits per heavy atom. The highest BCUT2D eigenvalue weighted by Crippen LogP contribution is 2.13. The Morgan fingerprint density at radius 3 is 1.00 bits per heavy atom. The lowest BCUT2D eigenvalue weighted by Gasteiger charge is -2.22. The molecule has 0 aliphatic carbocycles. The van der Waals surface area contributed by atoms with Crippen LogP contribution in [-0.2, 0) is 0 Å². The first-order valence-electron chi connectivity index (χ1n) is 14.9. The van der Waals surface area contributed by atoms with E-state index in [1.165, 1.54) is 161 Å². The van der Waals surface area contributed by atoms with Crippen molar-refractivity contribution >= 4 is 0 Å². The Bertz CT molecular complexity index is 290. The van der Waals surface area contributed by atoms with Crippen molar-refractivity contribution in [2.24, 2.45) is 5.92 Å². The van der Waals surface area contributed by atoms with Crippen molar-refractivity contribution in [2.45, 2.75) is 169 Å². The molecule has 0 aliphatic heterocycles. The molecule has 0 aromatic rings. The molecule has 0 heterocycles. The fourth-order valence-electron chi connectivity index (χ4n) is 4.69. The van der Waals surface area contributed by atoms with Gasteiger partial charge in [-0.25, -0.2) is 0 Å². The van der Waals surface area contributed by atoms with Crippen LogP contribution in [0.3, 0.4) is 0 Å². The highest BCUT2D eigenvalue weighted by molar-refractivity contribution is 4.61. The maximum Gasteiger partial charge on any atom is -0.00187 e. The second-order valence-corrected chi connectivity index (χ2v) is 10.7. The van der Waals surface area contributed by atoms with Gasteiger partial charge >= 0.3 is 0 Å². The predicted octanol–water partition coefficient (Wildman–Crippen LogP) is 10.6. The standard InChI is InChI=1S/C30H63N/c1-5-7-9-11-13-15-17-19-23-27-31(29-25-21-22-26-30(3)4)28-24-20-18-16-14-12-10-8-6-2/h30H,5-29H2,1-4H3. The molecule has 0 radical (unpaired) electrons. The van der Waals surface area contributed by atoms with Crippen LogP contribution >= 0.6 is 0 Å². The molecular formula is C30H63N. The van der Waals surface area contributed by atoms with Crippen molar-refractivity contribution in [1.82, 2.24) is 4.90 Å². The van der Waals surface area contributed by atoms with Gasteiger partial charge in [-0.2, -0.15) is 0 Å². The van der Waals surface area contributed by atoms with Crippen LogP contribution in [-0.4, -0.2) is 24.5 Å². The van der Waals surface area contributed by atoms with Gasteiger partial charge < -0.3 is 4.90 Å². The van der Waals surface area contributed by atoms with Crippen molar-refractivity contribution in [2.75, 3.05) is 19.6 Å². The zero-order chi connectivity index (χ0) is 22.8. The summed E-state index contributed by atoms with van der Waals surface area (Å²) < 4.78 is 0. The van der Waals surface area contributed by atoms with Gasteiger partial charge in [0.1, 0.15) is 0 Å². The number of hydrogen-bond donors (Lipinski definition) is 0. The largest absolute Gasteiger partial charge is 0.303 e. The van der Waals surface area contributed by atoms with E-state index in [2.05, 4.69) is 32.6 Å². The van der Waals surface area contributed by atoms with E-state index in [0.29, 0.717) is 0 Å². The average molecular weight is 438 g/mol. The van der Waals surface area contributed by atoms with Crippen LogP contribution in [0.15, 0.2) is 0 Å². The van der Waals surface area contributed by atoms with E-state index in [1.807, 2.05) is 0 Å². The predicted molar refractivity (Wildman–Crippen MR) is 144 cm³/mol. The molecule has 0 fully saturated rings. The molecule has 0 saturated carbocycles. The fourth-order valence-corrected chi connectivity index (χ4v) is 4.69. The topological polar surface area (TPSA) is 3.24 Å². The van der Waals surface area contributed by atoms with E-state index in [4.69, 9.17) is 0 Å². The minimum absolute atomic E-state index is 0.875. The first-order valence-corrected chi connectivity index (χ1v) is 14.9. The molecule has 31 heavy (non-hydrogen) atoms. The van der Waals surface area contributed by atoms with Crippen LogP contribution in [0, 0.1) is 5.92 Å². The molecule has 0 unspecified atom stereocenters. The Balaban J connectivity index is 3.81. The third kappa shape index (κ3) is 26.1. The lowest BCUT2D eigenvalue weighted by molar-refractivity contribution is 0.253. The number of hydrogen-bond acceptors (Lipinski definition) is 1. The molecule has 1 heteroatoms. The van der Waals surface area contributed by atoms with Crippen molar-refractivity contribution in [3.8, 4) is 0 Å². The molecule has 0 atom stereocenters. The summed E-state index contributed by atoms with van der Waals surface area (Å²) in [5.41, 5.74) is 0. The van der Waals surface area contributed by atoms with Crippen LogP contribution in [0.2, 0.25) is 0 Å². The molecule has 0 bridgehead atoms. The van der Waals surface area contributed by atoms with Gasteiger partial charge in [0.25, 0.3) is 0 Å². The molecular weight excluding hydrogens is 374 g/mol. The van der Waals surface area contributed by atoms with E-state index < -0.39 is 0 Å². The quantitative estimate of drug-likeness (QED) is 0.122. The third-order valence-electron chi connectivity index (χ3n) is 6.91. The molecule has 0 spiro atoms. The Hall–Kier alpha value is -0.0400. The van der Waals surface area contributed by atoms with Crippen molar-refractivity contribution in [1.29, 1.82) is 0 Å². The summed E-state index contributed by atoms with van der Waals surface area (Å²) in [6.07, 6.45) is 31.7. The lowest BCUT2D eigenvalue weighted by atomic mass is 10.0. The van der Waals surface area contributed by atoms with E-state index >= 15 is 0 Å². The Labute approximate surface area is 199 Å². The molecule has 0 rings (SSSR count). The minimum Gasteiger partial charge on any atom is -0.303 e. The second kappa shape index (κ2) is 26.2. The van der Waals surface area contributed by atoms with E-state index in [1.54, 1.807) is 0 Å². The summed E-state index contributed by atoms with van der Waals surface area (Å²) in [6, 6.07) is 0.